The van der Waals surface area contributed by atoms with Gasteiger partial charge in [-0.3, -0.25) is 4.79 Å². The van der Waals surface area contributed by atoms with Crippen LogP contribution in [-0.2, 0) is 14.9 Å². The van der Waals surface area contributed by atoms with E-state index < -0.39 is 0 Å². The quantitative estimate of drug-likeness (QED) is 0.757. The maximum atomic E-state index is 12.4. The van der Waals surface area contributed by atoms with Gasteiger partial charge in [-0.1, -0.05) is 24.3 Å². The van der Waals surface area contributed by atoms with Crippen molar-refractivity contribution in [3.05, 3.63) is 54.1 Å². The minimum absolute atomic E-state index is 0.0600. The third-order valence-electron chi connectivity index (χ3n) is 5.20. The molecule has 6 heteroatoms. The Morgan fingerprint density at radius 2 is 1.68 bits per heavy atom. The van der Waals surface area contributed by atoms with Crippen LogP contribution in [0.5, 0.6) is 17.2 Å². The predicted octanol–water partition coefficient (Wildman–Crippen LogP) is 2.95. The molecule has 150 valence electrons. The zero-order valence-electron chi connectivity index (χ0n) is 16.4. The molecule has 1 aliphatic heterocycles. The van der Waals surface area contributed by atoms with Gasteiger partial charge < -0.3 is 24.3 Å². The Labute approximate surface area is 165 Å². The Bertz CT molecular complexity index is 769. The van der Waals surface area contributed by atoms with E-state index in [1.807, 2.05) is 24.3 Å². The lowest BCUT2D eigenvalue weighted by molar-refractivity contribution is -0.123. The van der Waals surface area contributed by atoms with Gasteiger partial charge in [-0.15, -0.1) is 0 Å². The molecule has 0 aromatic heterocycles. The van der Waals surface area contributed by atoms with Crippen molar-refractivity contribution in [2.75, 3.05) is 40.6 Å². The number of hydrogen-bond acceptors (Lipinski definition) is 5. The lowest BCUT2D eigenvalue weighted by Gasteiger charge is -2.38. The average molecular weight is 385 g/mol. The van der Waals surface area contributed by atoms with Crippen LogP contribution < -0.4 is 19.5 Å². The first-order chi connectivity index (χ1) is 13.7. The molecule has 6 nitrogen and oxygen atoms in total. The Morgan fingerprint density at radius 1 is 1.00 bits per heavy atom. The van der Waals surface area contributed by atoms with Crippen molar-refractivity contribution in [1.82, 2.24) is 5.32 Å². The van der Waals surface area contributed by atoms with Gasteiger partial charge in [0, 0.05) is 25.2 Å². The minimum atomic E-state index is -0.162. The standard InChI is InChI=1S/C22H27NO5/c1-25-18-9-7-17(8-10-18)22(11-13-27-14-12-22)16-23-21(24)15-28-20-6-4-3-5-19(20)26-2/h3-10H,11-16H2,1-2H3,(H,23,24). The fraction of sp³-hybridized carbons (Fsp3) is 0.409. The highest BCUT2D eigenvalue weighted by Gasteiger charge is 2.34. The van der Waals surface area contributed by atoms with E-state index in [0.717, 1.165) is 18.6 Å². The molecule has 1 N–H and O–H groups in total. The maximum Gasteiger partial charge on any atom is 0.257 e. The van der Waals surface area contributed by atoms with Gasteiger partial charge in [0.1, 0.15) is 5.75 Å². The molecule has 0 bridgehead atoms. The second-order valence-corrected chi connectivity index (χ2v) is 6.84. The smallest absolute Gasteiger partial charge is 0.257 e. The first kappa shape index (κ1) is 20.0. The summed E-state index contributed by atoms with van der Waals surface area (Å²) >= 11 is 0. The summed E-state index contributed by atoms with van der Waals surface area (Å²) in [7, 11) is 3.23. The van der Waals surface area contributed by atoms with Crippen LogP contribution in [-0.4, -0.2) is 46.5 Å². The Hall–Kier alpha value is -2.73. The van der Waals surface area contributed by atoms with Crippen molar-refractivity contribution in [2.45, 2.75) is 18.3 Å². The van der Waals surface area contributed by atoms with Crippen LogP contribution in [0, 0.1) is 0 Å². The van der Waals surface area contributed by atoms with Gasteiger partial charge in [-0.2, -0.15) is 0 Å². The molecule has 0 spiro atoms. The molecule has 0 radical (unpaired) electrons. The van der Waals surface area contributed by atoms with Crippen LogP contribution >= 0.6 is 0 Å². The minimum Gasteiger partial charge on any atom is -0.497 e. The van der Waals surface area contributed by atoms with E-state index in [1.165, 1.54) is 5.56 Å². The summed E-state index contributed by atoms with van der Waals surface area (Å²) < 4.78 is 21.7. The molecule has 1 saturated heterocycles. The summed E-state index contributed by atoms with van der Waals surface area (Å²) in [6.45, 7) is 1.84. The van der Waals surface area contributed by atoms with Crippen molar-refractivity contribution in [3.63, 3.8) is 0 Å². The molecular weight excluding hydrogens is 358 g/mol. The summed E-state index contributed by atoms with van der Waals surface area (Å²) in [6.07, 6.45) is 1.71. The molecule has 2 aromatic carbocycles. The molecule has 1 amide bonds. The van der Waals surface area contributed by atoms with Gasteiger partial charge in [-0.05, 0) is 42.7 Å². The normalized spacial score (nSPS) is 15.5. The molecule has 3 rings (SSSR count). The zero-order chi connectivity index (χ0) is 19.8. The molecule has 1 fully saturated rings. The van der Waals surface area contributed by atoms with Crippen LogP contribution in [0.3, 0.4) is 0 Å². The van der Waals surface area contributed by atoms with E-state index in [9.17, 15) is 4.79 Å². The summed E-state index contributed by atoms with van der Waals surface area (Å²) in [5, 5.41) is 3.04. The first-order valence-corrected chi connectivity index (χ1v) is 9.42. The second-order valence-electron chi connectivity index (χ2n) is 6.84. The molecule has 0 atom stereocenters. The van der Waals surface area contributed by atoms with Gasteiger partial charge in [0.2, 0.25) is 0 Å². The molecule has 1 aliphatic rings. The van der Waals surface area contributed by atoms with Gasteiger partial charge in [0.25, 0.3) is 5.91 Å². The van der Waals surface area contributed by atoms with Crippen LogP contribution in [0.2, 0.25) is 0 Å². The van der Waals surface area contributed by atoms with Gasteiger partial charge in [0.05, 0.1) is 14.2 Å². The Balaban J connectivity index is 1.62. The molecule has 2 aromatic rings. The van der Waals surface area contributed by atoms with Crippen LogP contribution in [0.25, 0.3) is 0 Å². The summed E-state index contributed by atoms with van der Waals surface area (Å²) in [5.41, 5.74) is 1.03. The number of nitrogens with one attached hydrogen (secondary N) is 1. The van der Waals surface area contributed by atoms with Crippen molar-refractivity contribution in [2.24, 2.45) is 0 Å². The summed E-state index contributed by atoms with van der Waals surface area (Å²) in [6, 6.07) is 15.3. The average Bonchev–Trinajstić information content (AvgIpc) is 2.77. The Morgan fingerprint density at radius 3 is 2.32 bits per heavy atom. The van der Waals surface area contributed by atoms with Crippen molar-refractivity contribution < 1.29 is 23.7 Å². The van der Waals surface area contributed by atoms with E-state index in [2.05, 4.69) is 17.4 Å². The lowest BCUT2D eigenvalue weighted by atomic mass is 9.74. The topological polar surface area (TPSA) is 66.0 Å². The summed E-state index contributed by atoms with van der Waals surface area (Å²) in [4.78, 5) is 12.4. The third kappa shape index (κ3) is 4.75. The molecule has 0 aliphatic carbocycles. The van der Waals surface area contributed by atoms with E-state index in [1.54, 1.807) is 26.4 Å². The summed E-state index contributed by atoms with van der Waals surface area (Å²) in [5.74, 6) is 1.82. The highest BCUT2D eigenvalue weighted by Crippen LogP contribution is 2.35. The number of benzene rings is 2. The van der Waals surface area contributed by atoms with Crippen molar-refractivity contribution in [1.29, 1.82) is 0 Å². The number of carbonyl (C=O) groups is 1. The Kier molecular flexibility index (Phi) is 6.76. The van der Waals surface area contributed by atoms with E-state index in [-0.39, 0.29) is 17.9 Å². The molecule has 0 unspecified atom stereocenters. The second kappa shape index (κ2) is 9.46. The number of carbonyl (C=O) groups excluding carboxylic acids is 1. The van der Waals surface area contributed by atoms with E-state index in [4.69, 9.17) is 18.9 Å². The molecular formula is C22H27NO5. The molecule has 28 heavy (non-hydrogen) atoms. The highest BCUT2D eigenvalue weighted by atomic mass is 16.5. The van der Waals surface area contributed by atoms with E-state index in [0.29, 0.717) is 31.3 Å². The fourth-order valence-electron chi connectivity index (χ4n) is 3.47. The van der Waals surface area contributed by atoms with Crippen LogP contribution in [0.1, 0.15) is 18.4 Å². The first-order valence-electron chi connectivity index (χ1n) is 9.42. The predicted molar refractivity (Wildman–Crippen MR) is 106 cm³/mol. The SMILES string of the molecule is COc1ccc(C2(CNC(=O)COc3ccccc3OC)CCOCC2)cc1. The van der Waals surface area contributed by atoms with Crippen LogP contribution in [0.15, 0.2) is 48.5 Å². The number of hydrogen-bond donors (Lipinski definition) is 1. The van der Waals surface area contributed by atoms with E-state index >= 15 is 0 Å². The number of rotatable bonds is 8. The maximum absolute atomic E-state index is 12.4. The zero-order valence-corrected chi connectivity index (χ0v) is 16.4. The van der Waals surface area contributed by atoms with Gasteiger partial charge in [-0.25, -0.2) is 0 Å². The number of ether oxygens (including phenoxy) is 4. The number of amides is 1. The molecule has 1 heterocycles. The molecule has 0 saturated carbocycles. The van der Waals surface area contributed by atoms with Crippen LogP contribution in [0.4, 0.5) is 0 Å². The monoisotopic (exact) mass is 385 g/mol. The largest absolute Gasteiger partial charge is 0.497 e. The fourth-order valence-corrected chi connectivity index (χ4v) is 3.47. The van der Waals surface area contributed by atoms with Gasteiger partial charge in [0.15, 0.2) is 18.1 Å². The van der Waals surface area contributed by atoms with Crippen molar-refractivity contribution in [3.8, 4) is 17.2 Å². The number of methoxy groups -OCH3 is 2. The third-order valence-corrected chi connectivity index (χ3v) is 5.20. The lowest BCUT2D eigenvalue weighted by Crippen LogP contribution is -2.45. The van der Waals surface area contributed by atoms with Crippen molar-refractivity contribution >= 4 is 5.91 Å². The number of para-hydroxylation sites is 2. The van der Waals surface area contributed by atoms with Gasteiger partial charge >= 0.3 is 0 Å². The highest BCUT2D eigenvalue weighted by molar-refractivity contribution is 5.77.